The first-order valence-electron chi connectivity index (χ1n) is 12.7. The van der Waals surface area contributed by atoms with Crippen LogP contribution in [-0.4, -0.2) is 53.0 Å². The molecule has 1 heterocycles. The van der Waals surface area contributed by atoms with Gasteiger partial charge in [-0.25, -0.2) is 4.79 Å². The Bertz CT molecular complexity index is 1120. The summed E-state index contributed by atoms with van der Waals surface area (Å²) in [5, 5.41) is 17.8. The summed E-state index contributed by atoms with van der Waals surface area (Å²) in [6, 6.07) is 13.4. The van der Waals surface area contributed by atoms with Gasteiger partial charge in [0, 0.05) is 24.5 Å². The zero-order chi connectivity index (χ0) is 26.9. The maximum absolute atomic E-state index is 13.2. The van der Waals surface area contributed by atoms with Crippen molar-refractivity contribution in [2.45, 2.75) is 52.5 Å². The predicted molar refractivity (Wildman–Crippen MR) is 142 cm³/mol. The molecule has 1 saturated heterocycles. The standard InChI is InChI=1S/C28H36N4O5/c1-18(2)15-24(26(34)32-14-6-8-21(17-32)27(35)36)30-25(33)16-20-10-12-22(13-11-20)29-28(37)31-23-9-5-4-7-19(23)3/h4-5,7,9-13,18,21,24H,6,8,14-17H2,1-3H3,(H,30,33)(H,35,36)(H2,29,31,37)/t21?,24-/m0/s1. The number of rotatable bonds is 9. The van der Waals surface area contributed by atoms with Crippen LogP contribution in [0.25, 0.3) is 0 Å². The number of amides is 4. The van der Waals surface area contributed by atoms with Crippen LogP contribution in [-0.2, 0) is 20.8 Å². The van der Waals surface area contributed by atoms with E-state index in [1.807, 2.05) is 45.0 Å². The van der Waals surface area contributed by atoms with E-state index < -0.39 is 17.9 Å². The molecule has 4 N–H and O–H groups in total. The SMILES string of the molecule is Cc1ccccc1NC(=O)Nc1ccc(CC(=O)N[C@@H](CC(C)C)C(=O)N2CCCC(C(=O)O)C2)cc1. The number of carboxylic acid groups (broad SMARTS) is 1. The Hall–Kier alpha value is -3.88. The maximum Gasteiger partial charge on any atom is 0.323 e. The molecular weight excluding hydrogens is 472 g/mol. The van der Waals surface area contributed by atoms with Crippen LogP contribution < -0.4 is 16.0 Å². The maximum atomic E-state index is 13.2. The van der Waals surface area contributed by atoms with Gasteiger partial charge in [-0.05, 0) is 61.4 Å². The summed E-state index contributed by atoms with van der Waals surface area (Å²) >= 11 is 0. The first kappa shape index (κ1) is 27.7. The highest BCUT2D eigenvalue weighted by atomic mass is 16.4. The fourth-order valence-corrected chi connectivity index (χ4v) is 4.43. The summed E-state index contributed by atoms with van der Waals surface area (Å²) in [7, 11) is 0. The Morgan fingerprint density at radius 2 is 1.73 bits per heavy atom. The minimum atomic E-state index is -0.896. The highest BCUT2D eigenvalue weighted by molar-refractivity contribution is 6.00. The Balaban J connectivity index is 1.56. The van der Waals surface area contributed by atoms with Gasteiger partial charge in [0.25, 0.3) is 0 Å². The summed E-state index contributed by atoms with van der Waals surface area (Å²) < 4.78 is 0. The third kappa shape index (κ3) is 8.34. The molecule has 9 nitrogen and oxygen atoms in total. The zero-order valence-electron chi connectivity index (χ0n) is 21.6. The van der Waals surface area contributed by atoms with Crippen molar-refractivity contribution in [2.24, 2.45) is 11.8 Å². The molecule has 1 unspecified atom stereocenters. The molecule has 0 aromatic heterocycles. The number of aryl methyl sites for hydroxylation is 1. The smallest absolute Gasteiger partial charge is 0.323 e. The third-order valence-corrected chi connectivity index (χ3v) is 6.39. The van der Waals surface area contributed by atoms with Gasteiger partial charge in [-0.2, -0.15) is 0 Å². The van der Waals surface area contributed by atoms with Crippen LogP contribution >= 0.6 is 0 Å². The molecule has 0 radical (unpaired) electrons. The lowest BCUT2D eigenvalue weighted by atomic mass is 9.96. The molecule has 1 aliphatic heterocycles. The highest BCUT2D eigenvalue weighted by Gasteiger charge is 2.32. The van der Waals surface area contributed by atoms with Crippen molar-refractivity contribution in [3.63, 3.8) is 0 Å². The number of piperidine rings is 1. The van der Waals surface area contributed by atoms with Crippen LogP contribution in [0.2, 0.25) is 0 Å². The Kier molecular flexibility index (Phi) is 9.65. The molecule has 0 bridgehead atoms. The van der Waals surface area contributed by atoms with E-state index in [1.54, 1.807) is 29.2 Å². The fourth-order valence-electron chi connectivity index (χ4n) is 4.43. The molecule has 2 aromatic rings. The molecule has 0 spiro atoms. The number of nitrogens with zero attached hydrogens (tertiary/aromatic N) is 1. The summed E-state index contributed by atoms with van der Waals surface area (Å²) in [5.74, 6) is -1.81. The number of hydrogen-bond acceptors (Lipinski definition) is 4. The van der Waals surface area contributed by atoms with Crippen molar-refractivity contribution in [3.8, 4) is 0 Å². The molecular formula is C28H36N4O5. The number of carbonyl (C=O) groups excluding carboxylic acids is 3. The minimum Gasteiger partial charge on any atom is -0.481 e. The summed E-state index contributed by atoms with van der Waals surface area (Å²) in [5.41, 5.74) is 3.00. The molecule has 3 rings (SSSR count). The van der Waals surface area contributed by atoms with Crippen molar-refractivity contribution < 1.29 is 24.3 Å². The molecule has 4 amide bonds. The van der Waals surface area contributed by atoms with Crippen LogP contribution in [0.5, 0.6) is 0 Å². The van der Waals surface area contributed by atoms with Gasteiger partial charge in [0.15, 0.2) is 0 Å². The molecule has 0 aliphatic carbocycles. The van der Waals surface area contributed by atoms with Gasteiger partial charge in [-0.3, -0.25) is 14.4 Å². The largest absolute Gasteiger partial charge is 0.481 e. The van der Waals surface area contributed by atoms with Gasteiger partial charge in [0.1, 0.15) is 6.04 Å². The van der Waals surface area contributed by atoms with Crippen LogP contribution in [0.4, 0.5) is 16.2 Å². The average molecular weight is 509 g/mol. The van der Waals surface area contributed by atoms with Gasteiger partial charge in [0.05, 0.1) is 12.3 Å². The van der Waals surface area contributed by atoms with E-state index in [0.717, 1.165) is 16.8 Å². The van der Waals surface area contributed by atoms with E-state index in [4.69, 9.17) is 0 Å². The molecule has 2 atom stereocenters. The number of urea groups is 1. The van der Waals surface area contributed by atoms with Crippen molar-refractivity contribution in [2.75, 3.05) is 23.7 Å². The predicted octanol–water partition coefficient (Wildman–Crippen LogP) is 4.04. The lowest BCUT2D eigenvalue weighted by Gasteiger charge is -2.34. The van der Waals surface area contributed by atoms with Crippen molar-refractivity contribution >= 4 is 35.2 Å². The minimum absolute atomic E-state index is 0.0787. The van der Waals surface area contributed by atoms with E-state index in [0.29, 0.717) is 31.5 Å². The molecule has 2 aromatic carbocycles. The first-order chi connectivity index (χ1) is 17.6. The number of nitrogens with one attached hydrogen (secondary N) is 3. The molecule has 9 heteroatoms. The molecule has 0 saturated carbocycles. The highest BCUT2D eigenvalue weighted by Crippen LogP contribution is 2.19. The summed E-state index contributed by atoms with van der Waals surface area (Å²) in [6.07, 6.45) is 1.74. The second-order valence-electron chi connectivity index (χ2n) is 9.98. The number of aliphatic carboxylic acids is 1. The molecule has 1 fully saturated rings. The lowest BCUT2D eigenvalue weighted by molar-refractivity contribution is -0.147. The van der Waals surface area contributed by atoms with E-state index in [1.165, 1.54) is 0 Å². The van der Waals surface area contributed by atoms with Crippen molar-refractivity contribution in [1.29, 1.82) is 0 Å². The monoisotopic (exact) mass is 508 g/mol. The van der Waals surface area contributed by atoms with Crippen LogP contribution in [0, 0.1) is 18.8 Å². The normalized spacial score (nSPS) is 16.1. The van der Waals surface area contributed by atoms with Gasteiger partial charge in [-0.1, -0.05) is 44.2 Å². The van der Waals surface area contributed by atoms with Gasteiger partial charge in [-0.15, -0.1) is 0 Å². The number of carboxylic acids is 1. The number of likely N-dealkylation sites (tertiary alicyclic amines) is 1. The number of carbonyl (C=O) groups is 4. The fraction of sp³-hybridized carbons (Fsp3) is 0.429. The van der Waals surface area contributed by atoms with Crippen molar-refractivity contribution in [1.82, 2.24) is 10.2 Å². The Morgan fingerprint density at radius 3 is 2.38 bits per heavy atom. The average Bonchev–Trinajstić information content (AvgIpc) is 2.85. The van der Waals surface area contributed by atoms with Gasteiger partial charge in [0.2, 0.25) is 11.8 Å². The Morgan fingerprint density at radius 1 is 1.03 bits per heavy atom. The van der Waals surface area contributed by atoms with Crippen molar-refractivity contribution in [3.05, 3.63) is 59.7 Å². The topological polar surface area (TPSA) is 128 Å². The van der Waals surface area contributed by atoms with E-state index >= 15 is 0 Å². The zero-order valence-corrected chi connectivity index (χ0v) is 21.6. The summed E-state index contributed by atoms with van der Waals surface area (Å²) in [4.78, 5) is 51.2. The molecule has 1 aliphatic rings. The van der Waals surface area contributed by atoms with Gasteiger partial charge < -0.3 is 26.0 Å². The van der Waals surface area contributed by atoms with Crippen LogP contribution in [0.3, 0.4) is 0 Å². The van der Waals surface area contributed by atoms with Gasteiger partial charge >= 0.3 is 12.0 Å². The lowest BCUT2D eigenvalue weighted by Crippen LogP contribution is -2.52. The number of anilines is 2. The van der Waals surface area contributed by atoms with E-state index in [2.05, 4.69) is 16.0 Å². The second-order valence-corrected chi connectivity index (χ2v) is 9.98. The number of hydrogen-bond donors (Lipinski definition) is 4. The Labute approximate surface area is 217 Å². The molecule has 198 valence electrons. The van der Waals surface area contributed by atoms with E-state index in [9.17, 15) is 24.3 Å². The second kappa shape index (κ2) is 12.9. The third-order valence-electron chi connectivity index (χ3n) is 6.39. The number of para-hydroxylation sites is 1. The number of benzene rings is 2. The molecule has 37 heavy (non-hydrogen) atoms. The first-order valence-corrected chi connectivity index (χ1v) is 12.7. The van der Waals surface area contributed by atoms with E-state index in [-0.39, 0.29) is 36.7 Å². The quantitative estimate of drug-likeness (QED) is 0.407. The van der Waals surface area contributed by atoms with Crippen LogP contribution in [0.15, 0.2) is 48.5 Å². The van der Waals surface area contributed by atoms with Crippen LogP contribution in [0.1, 0.15) is 44.2 Å². The summed E-state index contributed by atoms with van der Waals surface area (Å²) in [6.45, 7) is 6.53.